The predicted molar refractivity (Wildman–Crippen MR) is 116 cm³/mol. The number of aromatic nitrogens is 1. The number of carbonyl (C=O) groups is 2. The van der Waals surface area contributed by atoms with Gasteiger partial charge in [0.1, 0.15) is 0 Å². The van der Waals surface area contributed by atoms with Gasteiger partial charge in [-0.05, 0) is 30.7 Å². The van der Waals surface area contributed by atoms with Crippen LogP contribution in [0, 0.1) is 6.92 Å². The summed E-state index contributed by atoms with van der Waals surface area (Å²) in [4.78, 5) is 28.4. The Kier molecular flexibility index (Phi) is 5.00. The number of anilines is 1. The Morgan fingerprint density at radius 2 is 1.41 bits per heavy atom. The maximum absolute atomic E-state index is 13.4. The molecule has 29 heavy (non-hydrogen) atoms. The normalized spacial score (nSPS) is 10.8. The number of amides is 1. The van der Waals surface area contributed by atoms with Crippen molar-refractivity contribution >= 4 is 28.3 Å². The van der Waals surface area contributed by atoms with Gasteiger partial charge in [0, 0.05) is 29.3 Å². The zero-order chi connectivity index (χ0) is 20.4. The third-order valence-electron chi connectivity index (χ3n) is 5.32. The zero-order valence-corrected chi connectivity index (χ0v) is 16.5. The first-order chi connectivity index (χ1) is 14.1. The van der Waals surface area contributed by atoms with Crippen molar-refractivity contribution in [1.29, 1.82) is 0 Å². The fraction of sp³-hybridized carbons (Fsp3) is 0.120. The molecular weight excluding hydrogens is 360 g/mol. The highest BCUT2D eigenvalue weighted by Gasteiger charge is 2.29. The summed E-state index contributed by atoms with van der Waals surface area (Å²) in [5.74, 6) is -1.02. The summed E-state index contributed by atoms with van der Waals surface area (Å²) in [5.41, 5.74) is 3.87. The average molecular weight is 382 g/mol. The van der Waals surface area contributed by atoms with Crippen molar-refractivity contribution in [1.82, 2.24) is 4.57 Å². The molecule has 4 nitrogen and oxygen atoms in total. The van der Waals surface area contributed by atoms with E-state index < -0.39 is 11.7 Å². The molecule has 144 valence electrons. The molecule has 4 aromatic rings. The van der Waals surface area contributed by atoms with Crippen molar-refractivity contribution in [3.63, 3.8) is 0 Å². The number of Topliss-reactive ketones (excluding diaryl/α,β-unsaturated/α-hetero) is 1. The highest BCUT2D eigenvalue weighted by Crippen LogP contribution is 2.27. The summed E-state index contributed by atoms with van der Waals surface area (Å²) in [6.45, 7) is 2.21. The first-order valence-electron chi connectivity index (χ1n) is 9.57. The van der Waals surface area contributed by atoms with E-state index in [0.717, 1.165) is 22.2 Å². The lowest BCUT2D eigenvalue weighted by atomic mass is 10.0. The molecule has 0 fully saturated rings. The van der Waals surface area contributed by atoms with Crippen LogP contribution in [0.15, 0.2) is 84.9 Å². The van der Waals surface area contributed by atoms with Gasteiger partial charge in [0.25, 0.3) is 11.7 Å². The van der Waals surface area contributed by atoms with Crippen LogP contribution in [0.5, 0.6) is 0 Å². The second-order valence-electron chi connectivity index (χ2n) is 7.08. The number of nitrogens with zero attached hydrogens (tertiary/aromatic N) is 2. The second-order valence-corrected chi connectivity index (χ2v) is 7.08. The molecule has 0 aliphatic heterocycles. The number of aryl methyl sites for hydroxylation is 1. The molecule has 1 heterocycles. The topological polar surface area (TPSA) is 42.3 Å². The molecule has 0 aliphatic rings. The van der Waals surface area contributed by atoms with Gasteiger partial charge in [-0.2, -0.15) is 0 Å². The summed E-state index contributed by atoms with van der Waals surface area (Å²) in [6.07, 6.45) is 0. The highest BCUT2D eigenvalue weighted by atomic mass is 16.2. The molecule has 0 N–H and O–H groups in total. The molecule has 1 aromatic heterocycles. The summed E-state index contributed by atoms with van der Waals surface area (Å²) < 4.78 is 1.96. The molecule has 0 aliphatic carbocycles. The lowest BCUT2D eigenvalue weighted by molar-refractivity contribution is -0.114. The Balaban J connectivity index is 1.77. The minimum atomic E-state index is -0.528. The number of benzene rings is 3. The number of hydrogen-bond donors (Lipinski definition) is 0. The van der Waals surface area contributed by atoms with Gasteiger partial charge in [-0.3, -0.25) is 9.59 Å². The Morgan fingerprint density at radius 3 is 2.10 bits per heavy atom. The van der Waals surface area contributed by atoms with Crippen molar-refractivity contribution in [2.24, 2.45) is 7.05 Å². The fourth-order valence-corrected chi connectivity index (χ4v) is 3.69. The number of rotatable bonds is 5. The van der Waals surface area contributed by atoms with E-state index in [1.54, 1.807) is 4.90 Å². The van der Waals surface area contributed by atoms with Gasteiger partial charge < -0.3 is 9.47 Å². The van der Waals surface area contributed by atoms with Crippen LogP contribution in [0.2, 0.25) is 0 Å². The third-order valence-corrected chi connectivity index (χ3v) is 5.32. The zero-order valence-electron chi connectivity index (χ0n) is 16.5. The van der Waals surface area contributed by atoms with Gasteiger partial charge in [0.15, 0.2) is 0 Å². The second kappa shape index (κ2) is 7.76. The van der Waals surface area contributed by atoms with Crippen LogP contribution >= 0.6 is 0 Å². The predicted octanol–water partition coefficient (Wildman–Crippen LogP) is 4.90. The number of carbonyl (C=O) groups excluding carboxylic acids is 2. The number of fused-ring (bicyclic) bond motifs is 1. The van der Waals surface area contributed by atoms with Crippen LogP contribution in [0.4, 0.5) is 5.69 Å². The quantitative estimate of drug-likeness (QED) is 0.364. The average Bonchev–Trinajstić information content (AvgIpc) is 3.03. The van der Waals surface area contributed by atoms with Crippen LogP contribution in [-0.2, 0) is 18.4 Å². The van der Waals surface area contributed by atoms with Crippen LogP contribution in [-0.4, -0.2) is 16.3 Å². The lowest BCUT2D eigenvalue weighted by Gasteiger charge is -2.22. The molecule has 0 atom stereocenters. The molecule has 0 spiro atoms. The van der Waals surface area contributed by atoms with E-state index in [2.05, 4.69) is 0 Å². The van der Waals surface area contributed by atoms with Crippen molar-refractivity contribution in [3.05, 3.63) is 102 Å². The van der Waals surface area contributed by atoms with Crippen LogP contribution in [0.25, 0.3) is 10.9 Å². The molecule has 1 amide bonds. The van der Waals surface area contributed by atoms with Gasteiger partial charge >= 0.3 is 0 Å². The highest BCUT2D eigenvalue weighted by molar-refractivity contribution is 6.49. The number of para-hydroxylation sites is 2. The van der Waals surface area contributed by atoms with Gasteiger partial charge in [0.2, 0.25) is 0 Å². The maximum Gasteiger partial charge on any atom is 0.299 e. The maximum atomic E-state index is 13.4. The summed E-state index contributed by atoms with van der Waals surface area (Å²) in [5, 5.41) is 0.804. The summed E-state index contributed by atoms with van der Waals surface area (Å²) in [7, 11) is 1.91. The largest absolute Gasteiger partial charge is 0.347 e. The van der Waals surface area contributed by atoms with E-state index in [9.17, 15) is 9.59 Å². The summed E-state index contributed by atoms with van der Waals surface area (Å²) >= 11 is 0. The molecule has 0 radical (unpaired) electrons. The van der Waals surface area contributed by atoms with Crippen molar-refractivity contribution < 1.29 is 9.59 Å². The molecule has 0 saturated carbocycles. The summed E-state index contributed by atoms with van der Waals surface area (Å²) in [6, 6.07) is 26.7. The molecule has 0 saturated heterocycles. The Bertz CT molecular complexity index is 1180. The Morgan fingerprint density at radius 1 is 0.828 bits per heavy atom. The van der Waals surface area contributed by atoms with Crippen LogP contribution < -0.4 is 4.90 Å². The van der Waals surface area contributed by atoms with E-state index in [-0.39, 0.29) is 0 Å². The van der Waals surface area contributed by atoms with E-state index in [4.69, 9.17) is 0 Å². The van der Waals surface area contributed by atoms with Crippen molar-refractivity contribution in [3.8, 4) is 0 Å². The monoisotopic (exact) mass is 382 g/mol. The van der Waals surface area contributed by atoms with Gasteiger partial charge in [-0.1, -0.05) is 66.7 Å². The third kappa shape index (κ3) is 3.45. The Labute approximate surface area is 170 Å². The SMILES string of the molecule is Cc1c(C(=O)C(=O)N(Cc2ccccc2)c2ccccc2)c2ccccc2n1C. The van der Waals surface area contributed by atoms with Gasteiger partial charge in [0.05, 0.1) is 12.1 Å². The van der Waals surface area contributed by atoms with Crippen LogP contribution in [0.1, 0.15) is 21.6 Å². The van der Waals surface area contributed by atoms with E-state index in [0.29, 0.717) is 17.8 Å². The molecule has 0 bridgehead atoms. The minimum Gasteiger partial charge on any atom is -0.347 e. The van der Waals surface area contributed by atoms with Crippen LogP contribution in [0.3, 0.4) is 0 Å². The van der Waals surface area contributed by atoms with E-state index >= 15 is 0 Å². The number of hydrogen-bond acceptors (Lipinski definition) is 2. The smallest absolute Gasteiger partial charge is 0.299 e. The molecule has 4 rings (SSSR count). The molecular formula is C25H22N2O2. The fourth-order valence-electron chi connectivity index (χ4n) is 3.69. The first kappa shape index (κ1) is 18.7. The minimum absolute atomic E-state index is 0.333. The standard InChI is InChI=1S/C25H22N2O2/c1-18-23(21-15-9-10-16-22(21)26(18)2)24(28)25(29)27(20-13-7-4-8-14-20)17-19-11-5-3-6-12-19/h3-16H,17H2,1-2H3. The molecule has 4 heteroatoms. The molecule has 3 aromatic carbocycles. The van der Waals surface area contributed by atoms with E-state index in [1.165, 1.54) is 0 Å². The lowest BCUT2D eigenvalue weighted by Crippen LogP contribution is -2.36. The van der Waals surface area contributed by atoms with Crippen molar-refractivity contribution in [2.45, 2.75) is 13.5 Å². The number of ketones is 1. The first-order valence-corrected chi connectivity index (χ1v) is 9.57. The Hall–Kier alpha value is -3.66. The van der Waals surface area contributed by atoms with E-state index in [1.807, 2.05) is 103 Å². The van der Waals surface area contributed by atoms with Crippen molar-refractivity contribution in [2.75, 3.05) is 4.90 Å². The van der Waals surface area contributed by atoms with Gasteiger partial charge in [-0.15, -0.1) is 0 Å². The van der Waals surface area contributed by atoms with Gasteiger partial charge in [-0.25, -0.2) is 0 Å². The molecule has 0 unspecified atom stereocenters.